The van der Waals surface area contributed by atoms with Crippen LogP contribution in [0.25, 0.3) is 0 Å². The van der Waals surface area contributed by atoms with Gasteiger partial charge in [-0.05, 0) is 24.3 Å². The van der Waals surface area contributed by atoms with Gasteiger partial charge < -0.3 is 4.74 Å². The van der Waals surface area contributed by atoms with Gasteiger partial charge >= 0.3 is 0 Å². The van der Waals surface area contributed by atoms with E-state index < -0.39 is 0 Å². The van der Waals surface area contributed by atoms with E-state index in [9.17, 15) is 4.79 Å². The molecule has 0 saturated carbocycles. The summed E-state index contributed by atoms with van der Waals surface area (Å²) in [4.78, 5) is 10.8. The fourth-order valence-electron chi connectivity index (χ4n) is 0.984. The molecule has 0 bridgehead atoms. The molecule has 0 aromatic rings. The fraction of sp³-hybridized carbons (Fsp3) is 0.750. The average molecular weight is 198 g/mol. The second-order valence-corrected chi connectivity index (χ2v) is 4.74. The summed E-state index contributed by atoms with van der Waals surface area (Å²) in [5, 5.41) is 0. The van der Waals surface area contributed by atoms with Crippen LogP contribution in [-0.4, -0.2) is 19.0 Å². The number of unbranched alkanes of at least 4 members (excludes halogenated alkanes) is 1. The van der Waals surface area contributed by atoms with E-state index in [1.165, 1.54) is 6.08 Å². The molecule has 0 rings (SSSR count). The Kier molecular flexibility index (Phi) is 6.46. The Hall–Kier alpha value is -0.630. The molecular formula is C12H22O2. The van der Waals surface area contributed by atoms with Crippen LogP contribution in [0.5, 0.6) is 0 Å². The summed E-state index contributed by atoms with van der Waals surface area (Å²) < 4.78 is 5.48. The molecule has 0 heterocycles. The largest absolute Gasteiger partial charge is 0.381 e. The number of hydrogen-bond acceptors (Lipinski definition) is 2. The predicted molar refractivity (Wildman–Crippen MR) is 59.3 cm³/mol. The second kappa shape index (κ2) is 6.77. The van der Waals surface area contributed by atoms with Crippen molar-refractivity contribution in [3.63, 3.8) is 0 Å². The molecule has 0 spiro atoms. The van der Waals surface area contributed by atoms with Gasteiger partial charge in [0.15, 0.2) is 5.78 Å². The van der Waals surface area contributed by atoms with E-state index in [0.717, 1.165) is 26.1 Å². The number of ketones is 1. The standard InChI is InChI=1S/C12H22O2/c1-5-11(13)8-6-7-9-14-10-12(2,3)4/h5H,1,6-10H2,2-4H3. The Morgan fingerprint density at radius 1 is 1.36 bits per heavy atom. The van der Waals surface area contributed by atoms with E-state index in [-0.39, 0.29) is 11.2 Å². The Morgan fingerprint density at radius 2 is 2.00 bits per heavy atom. The van der Waals surface area contributed by atoms with Gasteiger partial charge in [0.25, 0.3) is 0 Å². The highest BCUT2D eigenvalue weighted by atomic mass is 16.5. The van der Waals surface area contributed by atoms with Gasteiger partial charge in [0.05, 0.1) is 6.61 Å². The van der Waals surface area contributed by atoms with Gasteiger partial charge in [-0.2, -0.15) is 0 Å². The van der Waals surface area contributed by atoms with Crippen molar-refractivity contribution in [2.45, 2.75) is 40.0 Å². The third kappa shape index (κ3) is 9.46. The van der Waals surface area contributed by atoms with Crippen molar-refractivity contribution in [3.8, 4) is 0 Å². The van der Waals surface area contributed by atoms with Crippen molar-refractivity contribution >= 4 is 5.78 Å². The molecule has 0 unspecified atom stereocenters. The molecule has 0 aliphatic heterocycles. The smallest absolute Gasteiger partial charge is 0.155 e. The summed E-state index contributed by atoms with van der Waals surface area (Å²) >= 11 is 0. The number of hydrogen-bond donors (Lipinski definition) is 0. The van der Waals surface area contributed by atoms with Crippen LogP contribution in [0.2, 0.25) is 0 Å². The summed E-state index contributed by atoms with van der Waals surface area (Å²) in [6, 6.07) is 0. The molecule has 14 heavy (non-hydrogen) atoms. The number of ether oxygens (including phenoxy) is 1. The Morgan fingerprint density at radius 3 is 2.50 bits per heavy atom. The fourth-order valence-corrected chi connectivity index (χ4v) is 0.984. The Balaban J connectivity index is 3.22. The molecular weight excluding hydrogens is 176 g/mol. The number of rotatable bonds is 7. The summed E-state index contributed by atoms with van der Waals surface area (Å²) in [5.41, 5.74) is 0.233. The van der Waals surface area contributed by atoms with Crippen molar-refractivity contribution in [1.82, 2.24) is 0 Å². The highest BCUT2D eigenvalue weighted by Gasteiger charge is 2.09. The first-order chi connectivity index (χ1) is 6.45. The summed E-state index contributed by atoms with van der Waals surface area (Å²) in [6.45, 7) is 11.4. The maximum absolute atomic E-state index is 10.8. The van der Waals surface area contributed by atoms with Gasteiger partial charge in [-0.1, -0.05) is 27.4 Å². The lowest BCUT2D eigenvalue weighted by molar-refractivity contribution is -0.114. The van der Waals surface area contributed by atoms with Crippen LogP contribution < -0.4 is 0 Å². The minimum atomic E-state index is 0.126. The highest BCUT2D eigenvalue weighted by molar-refractivity contribution is 5.88. The molecule has 0 amide bonds. The van der Waals surface area contributed by atoms with Gasteiger partial charge in [0.1, 0.15) is 0 Å². The van der Waals surface area contributed by atoms with Crippen LogP contribution in [0.1, 0.15) is 40.0 Å². The summed E-state index contributed by atoms with van der Waals surface area (Å²) in [6.07, 6.45) is 3.84. The zero-order valence-corrected chi connectivity index (χ0v) is 9.64. The van der Waals surface area contributed by atoms with Crippen LogP contribution >= 0.6 is 0 Å². The monoisotopic (exact) mass is 198 g/mol. The Labute approximate surface area is 87.3 Å². The minimum absolute atomic E-state index is 0.126. The van der Waals surface area contributed by atoms with Crippen molar-refractivity contribution in [3.05, 3.63) is 12.7 Å². The Bertz CT molecular complexity index is 177. The third-order valence-corrected chi connectivity index (χ3v) is 1.72. The summed E-state index contributed by atoms with van der Waals surface area (Å²) in [7, 11) is 0. The SMILES string of the molecule is C=CC(=O)CCCCOCC(C)(C)C. The molecule has 0 aliphatic rings. The van der Waals surface area contributed by atoms with Crippen LogP contribution in [0, 0.1) is 5.41 Å². The van der Waals surface area contributed by atoms with Crippen molar-refractivity contribution in [2.75, 3.05) is 13.2 Å². The highest BCUT2D eigenvalue weighted by Crippen LogP contribution is 2.13. The molecule has 0 aromatic heterocycles. The molecule has 2 heteroatoms. The van der Waals surface area contributed by atoms with Crippen molar-refractivity contribution < 1.29 is 9.53 Å². The predicted octanol–water partition coefficient (Wildman–Crippen LogP) is 2.97. The maximum Gasteiger partial charge on any atom is 0.155 e. The van der Waals surface area contributed by atoms with Crippen molar-refractivity contribution in [2.24, 2.45) is 5.41 Å². The molecule has 2 nitrogen and oxygen atoms in total. The van der Waals surface area contributed by atoms with Gasteiger partial charge in [-0.15, -0.1) is 0 Å². The number of carbonyl (C=O) groups excluding carboxylic acids is 1. The number of allylic oxidation sites excluding steroid dienone is 1. The number of carbonyl (C=O) groups is 1. The zero-order chi connectivity index (χ0) is 11.0. The molecule has 0 fully saturated rings. The summed E-state index contributed by atoms with van der Waals surface area (Å²) in [5.74, 6) is 0.126. The van der Waals surface area contributed by atoms with Crippen molar-refractivity contribution in [1.29, 1.82) is 0 Å². The lowest BCUT2D eigenvalue weighted by Crippen LogP contribution is -2.15. The van der Waals surface area contributed by atoms with E-state index in [4.69, 9.17) is 4.74 Å². The average Bonchev–Trinajstić information content (AvgIpc) is 2.08. The molecule has 0 N–H and O–H groups in total. The first-order valence-electron chi connectivity index (χ1n) is 5.19. The quantitative estimate of drug-likeness (QED) is 0.464. The molecule has 82 valence electrons. The molecule has 0 aliphatic carbocycles. The van der Waals surface area contributed by atoms with Crippen LogP contribution in [-0.2, 0) is 9.53 Å². The molecule has 0 aromatic carbocycles. The van der Waals surface area contributed by atoms with E-state index in [1.807, 2.05) is 0 Å². The first-order valence-corrected chi connectivity index (χ1v) is 5.19. The maximum atomic E-state index is 10.8. The van der Waals surface area contributed by atoms with E-state index in [1.54, 1.807) is 0 Å². The molecule has 0 atom stereocenters. The lowest BCUT2D eigenvalue weighted by Gasteiger charge is -2.17. The van der Waals surface area contributed by atoms with Crippen LogP contribution in [0.15, 0.2) is 12.7 Å². The van der Waals surface area contributed by atoms with Gasteiger partial charge in [0, 0.05) is 13.0 Å². The second-order valence-electron chi connectivity index (χ2n) is 4.74. The first kappa shape index (κ1) is 13.4. The van der Waals surface area contributed by atoms with E-state index in [2.05, 4.69) is 27.4 Å². The molecule has 0 saturated heterocycles. The molecule has 0 radical (unpaired) electrons. The third-order valence-electron chi connectivity index (χ3n) is 1.72. The van der Waals surface area contributed by atoms with Gasteiger partial charge in [-0.25, -0.2) is 0 Å². The minimum Gasteiger partial charge on any atom is -0.381 e. The normalized spacial score (nSPS) is 11.4. The van der Waals surface area contributed by atoms with Gasteiger partial charge in [0.2, 0.25) is 0 Å². The van der Waals surface area contributed by atoms with Crippen LogP contribution in [0.3, 0.4) is 0 Å². The zero-order valence-electron chi connectivity index (χ0n) is 9.64. The van der Waals surface area contributed by atoms with Gasteiger partial charge in [-0.3, -0.25) is 4.79 Å². The van der Waals surface area contributed by atoms with Crippen LogP contribution in [0.4, 0.5) is 0 Å². The van der Waals surface area contributed by atoms with E-state index >= 15 is 0 Å². The van der Waals surface area contributed by atoms with E-state index in [0.29, 0.717) is 6.42 Å². The topological polar surface area (TPSA) is 26.3 Å². The lowest BCUT2D eigenvalue weighted by atomic mass is 9.99.